The van der Waals surface area contributed by atoms with Crippen molar-refractivity contribution < 1.29 is 13.6 Å². The molecule has 1 rings (SSSR count). The summed E-state index contributed by atoms with van der Waals surface area (Å²) >= 11 is 0. The summed E-state index contributed by atoms with van der Waals surface area (Å²) in [5.41, 5.74) is 5.97. The number of halogens is 2. The van der Waals surface area contributed by atoms with Gasteiger partial charge in [-0.25, -0.2) is 8.78 Å². The van der Waals surface area contributed by atoms with E-state index >= 15 is 0 Å². The van der Waals surface area contributed by atoms with E-state index in [2.05, 4.69) is 0 Å². The third-order valence-electron chi connectivity index (χ3n) is 1.20. The van der Waals surface area contributed by atoms with E-state index in [1.165, 1.54) is 6.07 Å². The van der Waals surface area contributed by atoms with Crippen LogP contribution in [0.2, 0.25) is 0 Å². The molecular formula is C7H4F2NO. The third kappa shape index (κ3) is 1.34. The highest BCUT2D eigenvalue weighted by molar-refractivity contribution is 5.92. The average Bonchev–Trinajstić information content (AvgIpc) is 1.94. The Morgan fingerprint density at radius 2 is 2.00 bits per heavy atom. The molecule has 0 heterocycles. The zero-order chi connectivity index (χ0) is 8.43. The summed E-state index contributed by atoms with van der Waals surface area (Å²) in [7, 11) is 0. The van der Waals surface area contributed by atoms with Crippen LogP contribution in [-0.2, 0) is 0 Å². The first-order chi connectivity index (χ1) is 5.13. The Bertz CT molecular complexity index is 298. The van der Waals surface area contributed by atoms with Gasteiger partial charge in [-0.05, 0) is 12.1 Å². The van der Waals surface area contributed by atoms with Crippen LogP contribution < -0.4 is 5.73 Å². The van der Waals surface area contributed by atoms with Gasteiger partial charge in [-0.3, -0.25) is 10.5 Å². The maximum absolute atomic E-state index is 12.5. The molecular weight excluding hydrogens is 152 g/mol. The molecule has 0 fully saturated rings. The topological polar surface area (TPSA) is 40.9 Å². The Hall–Kier alpha value is -1.45. The zero-order valence-corrected chi connectivity index (χ0v) is 5.40. The van der Waals surface area contributed by atoms with Crippen LogP contribution in [0.4, 0.5) is 8.78 Å². The Kier molecular flexibility index (Phi) is 1.85. The number of nitrogens with one attached hydrogen (secondary N) is 1. The van der Waals surface area contributed by atoms with Crippen molar-refractivity contribution in [2.24, 2.45) is 0 Å². The number of amides is 1. The van der Waals surface area contributed by atoms with Crippen LogP contribution >= 0.6 is 0 Å². The van der Waals surface area contributed by atoms with Crippen LogP contribution in [0.1, 0.15) is 10.4 Å². The molecule has 0 aromatic heterocycles. The summed E-state index contributed by atoms with van der Waals surface area (Å²) in [5, 5.41) is 0. The summed E-state index contributed by atoms with van der Waals surface area (Å²) in [6, 6.07) is 3.13. The SMILES string of the molecule is [NH]C(=O)c1cccc(F)c1F. The molecule has 11 heavy (non-hydrogen) atoms. The van der Waals surface area contributed by atoms with E-state index in [0.29, 0.717) is 0 Å². The second kappa shape index (κ2) is 2.65. The van der Waals surface area contributed by atoms with Gasteiger partial charge in [0.15, 0.2) is 11.6 Å². The molecule has 0 aliphatic carbocycles. The van der Waals surface area contributed by atoms with Crippen LogP contribution in [0, 0.1) is 11.6 Å². The van der Waals surface area contributed by atoms with Gasteiger partial charge in [-0.15, -0.1) is 0 Å². The fourth-order valence-electron chi connectivity index (χ4n) is 0.679. The number of carbonyl (C=O) groups excluding carboxylic acids is 1. The lowest BCUT2D eigenvalue weighted by atomic mass is 10.2. The lowest BCUT2D eigenvalue weighted by molar-refractivity contribution is 0.0987. The Morgan fingerprint density at radius 1 is 1.36 bits per heavy atom. The van der Waals surface area contributed by atoms with Gasteiger partial charge in [0.05, 0.1) is 5.56 Å². The van der Waals surface area contributed by atoms with Crippen molar-refractivity contribution in [2.75, 3.05) is 0 Å². The first kappa shape index (κ1) is 7.65. The van der Waals surface area contributed by atoms with Gasteiger partial charge in [-0.2, -0.15) is 0 Å². The van der Waals surface area contributed by atoms with Crippen LogP contribution in [0.25, 0.3) is 0 Å². The van der Waals surface area contributed by atoms with Crippen molar-refractivity contribution in [3.63, 3.8) is 0 Å². The largest absolute Gasteiger partial charge is 0.272 e. The number of carbonyl (C=O) groups is 1. The Morgan fingerprint density at radius 3 is 2.45 bits per heavy atom. The number of hydrogen-bond acceptors (Lipinski definition) is 1. The molecule has 1 N–H and O–H groups in total. The lowest BCUT2D eigenvalue weighted by Crippen LogP contribution is -2.03. The number of rotatable bonds is 1. The zero-order valence-electron chi connectivity index (χ0n) is 5.40. The Labute approximate surface area is 61.6 Å². The molecule has 0 aliphatic rings. The quantitative estimate of drug-likeness (QED) is 0.605. The first-order valence-electron chi connectivity index (χ1n) is 2.83. The molecule has 1 radical (unpaired) electrons. The van der Waals surface area contributed by atoms with Gasteiger partial charge in [0.1, 0.15) is 0 Å². The van der Waals surface area contributed by atoms with Gasteiger partial charge in [0.2, 0.25) is 0 Å². The number of hydrogen-bond donors (Lipinski definition) is 0. The van der Waals surface area contributed by atoms with Gasteiger partial charge < -0.3 is 0 Å². The van der Waals surface area contributed by atoms with E-state index in [1.807, 2.05) is 0 Å². The van der Waals surface area contributed by atoms with Gasteiger partial charge in [-0.1, -0.05) is 6.07 Å². The standard InChI is InChI=1S/C7H4F2NO/c8-5-3-1-2-4(6(5)9)7(10)11/h1-3,10H. The highest BCUT2D eigenvalue weighted by Crippen LogP contribution is 2.10. The highest BCUT2D eigenvalue weighted by atomic mass is 19.2. The van der Waals surface area contributed by atoms with Gasteiger partial charge >= 0.3 is 0 Å². The Balaban J connectivity index is 3.27. The van der Waals surface area contributed by atoms with Crippen LogP contribution in [0.15, 0.2) is 18.2 Å². The summed E-state index contributed by atoms with van der Waals surface area (Å²) in [4.78, 5) is 10.3. The van der Waals surface area contributed by atoms with E-state index in [4.69, 9.17) is 5.73 Å². The molecule has 0 saturated carbocycles. The second-order valence-electron chi connectivity index (χ2n) is 1.93. The van der Waals surface area contributed by atoms with E-state index in [9.17, 15) is 13.6 Å². The molecule has 0 unspecified atom stereocenters. The van der Waals surface area contributed by atoms with Gasteiger partial charge in [0, 0.05) is 0 Å². The fraction of sp³-hybridized carbons (Fsp3) is 0. The fourth-order valence-corrected chi connectivity index (χ4v) is 0.679. The molecule has 57 valence electrons. The predicted octanol–water partition coefficient (Wildman–Crippen LogP) is 1.39. The van der Waals surface area contributed by atoms with Crippen LogP contribution in [0.3, 0.4) is 0 Å². The first-order valence-corrected chi connectivity index (χ1v) is 2.83. The molecule has 1 aromatic carbocycles. The van der Waals surface area contributed by atoms with Gasteiger partial charge in [0.25, 0.3) is 5.91 Å². The molecule has 0 spiro atoms. The van der Waals surface area contributed by atoms with Crippen molar-refractivity contribution in [1.82, 2.24) is 5.73 Å². The molecule has 0 saturated heterocycles. The molecule has 0 atom stereocenters. The van der Waals surface area contributed by atoms with Crippen molar-refractivity contribution in [1.29, 1.82) is 0 Å². The van der Waals surface area contributed by atoms with Crippen molar-refractivity contribution in [3.05, 3.63) is 35.4 Å². The van der Waals surface area contributed by atoms with E-state index < -0.39 is 23.1 Å². The second-order valence-corrected chi connectivity index (χ2v) is 1.93. The minimum absolute atomic E-state index is 0.537. The molecule has 4 heteroatoms. The molecule has 2 nitrogen and oxygen atoms in total. The van der Waals surface area contributed by atoms with E-state index in [1.54, 1.807) is 0 Å². The third-order valence-corrected chi connectivity index (χ3v) is 1.20. The van der Waals surface area contributed by atoms with Crippen molar-refractivity contribution in [2.45, 2.75) is 0 Å². The number of benzene rings is 1. The monoisotopic (exact) mass is 156 g/mol. The minimum Gasteiger partial charge on any atom is -0.267 e. The van der Waals surface area contributed by atoms with Crippen LogP contribution in [-0.4, -0.2) is 5.91 Å². The van der Waals surface area contributed by atoms with E-state index in [-0.39, 0.29) is 0 Å². The van der Waals surface area contributed by atoms with Crippen LogP contribution in [0.5, 0.6) is 0 Å². The summed E-state index contributed by atoms with van der Waals surface area (Å²) in [5.74, 6) is -3.59. The smallest absolute Gasteiger partial charge is 0.267 e. The highest BCUT2D eigenvalue weighted by Gasteiger charge is 2.11. The maximum atomic E-state index is 12.5. The average molecular weight is 156 g/mol. The summed E-state index contributed by atoms with van der Waals surface area (Å²) in [6.07, 6.45) is 0. The normalized spacial score (nSPS) is 9.64. The summed E-state index contributed by atoms with van der Waals surface area (Å²) < 4.78 is 24.9. The minimum atomic E-state index is -1.26. The molecule has 1 amide bonds. The van der Waals surface area contributed by atoms with Crippen molar-refractivity contribution in [3.8, 4) is 0 Å². The predicted molar refractivity (Wildman–Crippen MR) is 33.8 cm³/mol. The molecule has 1 aromatic rings. The van der Waals surface area contributed by atoms with Crippen molar-refractivity contribution >= 4 is 5.91 Å². The maximum Gasteiger partial charge on any atom is 0.272 e. The summed E-state index contributed by atoms with van der Waals surface area (Å²) in [6.45, 7) is 0. The lowest BCUT2D eigenvalue weighted by Gasteiger charge is -1.96. The molecule has 0 aliphatic heterocycles. The van der Waals surface area contributed by atoms with E-state index in [0.717, 1.165) is 12.1 Å². The molecule has 0 bridgehead atoms.